The van der Waals surface area contributed by atoms with Crippen LogP contribution in [-0.2, 0) is 10.1 Å². The van der Waals surface area contributed by atoms with Crippen LogP contribution in [0, 0.1) is 5.82 Å². The van der Waals surface area contributed by atoms with E-state index in [4.69, 9.17) is 4.74 Å². The second-order valence-corrected chi connectivity index (χ2v) is 11.4. The summed E-state index contributed by atoms with van der Waals surface area (Å²) in [6.07, 6.45) is 3.72. The minimum atomic E-state index is -4.42. The van der Waals surface area contributed by atoms with Crippen molar-refractivity contribution in [1.29, 1.82) is 0 Å². The van der Waals surface area contributed by atoms with Crippen LogP contribution < -0.4 is 14.5 Å². The van der Waals surface area contributed by atoms with Crippen LogP contribution in [0.15, 0.2) is 59.8 Å². The predicted molar refractivity (Wildman–Crippen MR) is 149 cm³/mol. The molecule has 0 bridgehead atoms. The van der Waals surface area contributed by atoms with Gasteiger partial charge < -0.3 is 14.5 Å². The van der Waals surface area contributed by atoms with Gasteiger partial charge in [-0.25, -0.2) is 9.37 Å². The number of benzene rings is 2. The number of anilines is 2. The highest BCUT2D eigenvalue weighted by Crippen LogP contribution is 2.34. The van der Waals surface area contributed by atoms with E-state index in [1.165, 1.54) is 12.1 Å². The molecule has 4 aromatic rings. The summed E-state index contributed by atoms with van der Waals surface area (Å²) in [7, 11) is -2.82. The number of rotatable bonds is 5. The number of ether oxygens (including phenoxy) is 1. The molecule has 0 unspecified atom stereocenters. The predicted octanol–water partition coefficient (Wildman–Crippen LogP) is 3.97. The van der Waals surface area contributed by atoms with Gasteiger partial charge in [-0.2, -0.15) is 8.42 Å². The van der Waals surface area contributed by atoms with Crippen molar-refractivity contribution in [3.8, 4) is 5.75 Å². The lowest BCUT2D eigenvalue weighted by Crippen LogP contribution is -2.53. The minimum absolute atomic E-state index is 0.247. The van der Waals surface area contributed by atoms with Gasteiger partial charge in [-0.05, 0) is 55.3 Å². The molecule has 4 heterocycles. The van der Waals surface area contributed by atoms with Crippen molar-refractivity contribution in [2.45, 2.75) is 23.9 Å². The highest BCUT2D eigenvalue weighted by Gasteiger charge is 2.29. The molecule has 9 nitrogen and oxygen atoms in total. The zero-order chi connectivity index (χ0) is 27.1. The van der Waals surface area contributed by atoms with Crippen LogP contribution in [0.1, 0.15) is 12.8 Å². The van der Waals surface area contributed by atoms with Crippen molar-refractivity contribution in [2.75, 3.05) is 56.2 Å². The first-order chi connectivity index (χ1) is 18.8. The van der Waals surface area contributed by atoms with Gasteiger partial charge in [0.25, 0.3) is 0 Å². The first-order valence-electron chi connectivity index (χ1n) is 13.1. The molecule has 2 fully saturated rings. The maximum Gasteiger partial charge on any atom is 0.312 e. The molecule has 0 amide bonds. The van der Waals surface area contributed by atoms with Gasteiger partial charge in [0.05, 0.1) is 29.5 Å². The van der Waals surface area contributed by atoms with Gasteiger partial charge in [0.1, 0.15) is 11.6 Å². The molecule has 2 aromatic heterocycles. The normalized spacial score (nSPS) is 17.7. The molecular weight excluding hydrogens is 521 g/mol. The Morgan fingerprint density at radius 1 is 0.923 bits per heavy atom. The molecule has 2 aliphatic rings. The summed E-state index contributed by atoms with van der Waals surface area (Å²) in [5, 5.41) is 0.932. The van der Waals surface area contributed by atoms with Crippen molar-refractivity contribution in [3.63, 3.8) is 0 Å². The Balaban J connectivity index is 1.15. The molecule has 0 atom stereocenters. The Morgan fingerprint density at radius 3 is 2.38 bits per heavy atom. The molecule has 0 spiro atoms. The smallest absolute Gasteiger partial charge is 0.312 e. The van der Waals surface area contributed by atoms with Crippen molar-refractivity contribution in [2.24, 2.45) is 0 Å². The van der Waals surface area contributed by atoms with Gasteiger partial charge in [0.15, 0.2) is 5.03 Å². The molecule has 6 rings (SSSR count). The molecule has 1 N–H and O–H groups in total. The molecule has 0 saturated carbocycles. The van der Waals surface area contributed by atoms with Gasteiger partial charge in [-0.1, -0.05) is 0 Å². The molecule has 2 saturated heterocycles. The second kappa shape index (κ2) is 10.2. The van der Waals surface area contributed by atoms with Crippen molar-refractivity contribution < 1.29 is 22.1 Å². The van der Waals surface area contributed by atoms with Crippen LogP contribution in [0.25, 0.3) is 21.8 Å². The van der Waals surface area contributed by atoms with Crippen molar-refractivity contribution in [1.82, 2.24) is 14.9 Å². The number of hydrogen-bond acceptors (Lipinski definition) is 8. The third kappa shape index (κ3) is 4.97. The van der Waals surface area contributed by atoms with E-state index in [1.807, 2.05) is 18.2 Å². The third-order valence-corrected chi connectivity index (χ3v) is 8.65. The number of pyridine rings is 2. The molecule has 0 aliphatic carbocycles. The van der Waals surface area contributed by atoms with Gasteiger partial charge in [0, 0.05) is 68.3 Å². The van der Waals surface area contributed by atoms with Crippen molar-refractivity contribution >= 4 is 43.3 Å². The second-order valence-electron chi connectivity index (χ2n) is 10.1. The largest absolute Gasteiger partial charge is 0.497 e. The van der Waals surface area contributed by atoms with E-state index >= 15 is 0 Å². The Hall–Kier alpha value is -3.54. The number of methoxy groups -OCH3 is 1. The lowest BCUT2D eigenvalue weighted by atomic mass is 10.0. The Labute approximate surface area is 226 Å². The fraction of sp³-hybridized carbons (Fsp3) is 0.357. The SMILES string of the molecule is COc1cc(N2CCN(C3CCN(c4ccc(F)c5cccnc45)CC3)CC2)c2nc(S(=O)(=O)O)ccc2c1. The Kier molecular flexibility index (Phi) is 6.74. The lowest BCUT2D eigenvalue weighted by molar-refractivity contribution is 0.160. The average molecular weight is 552 g/mol. The average Bonchev–Trinajstić information content (AvgIpc) is 2.96. The first kappa shape index (κ1) is 25.7. The summed E-state index contributed by atoms with van der Waals surface area (Å²) in [6.45, 7) is 5.00. The van der Waals surface area contributed by atoms with Gasteiger partial charge in [0.2, 0.25) is 0 Å². The van der Waals surface area contributed by atoms with Crippen LogP contribution in [0.5, 0.6) is 5.75 Å². The molecule has 39 heavy (non-hydrogen) atoms. The third-order valence-electron chi connectivity index (χ3n) is 7.89. The van der Waals surface area contributed by atoms with Gasteiger partial charge in [-0.3, -0.25) is 14.4 Å². The van der Waals surface area contributed by atoms with E-state index in [-0.39, 0.29) is 10.8 Å². The topological polar surface area (TPSA) is 99.1 Å². The number of halogens is 1. The number of aromatic nitrogens is 2. The molecular formula is C28H30FN5O4S. The van der Waals surface area contributed by atoms with E-state index in [0.717, 1.165) is 68.9 Å². The Morgan fingerprint density at radius 2 is 1.67 bits per heavy atom. The summed E-state index contributed by atoms with van der Waals surface area (Å²) in [5.41, 5.74) is 3.01. The summed E-state index contributed by atoms with van der Waals surface area (Å²) >= 11 is 0. The summed E-state index contributed by atoms with van der Waals surface area (Å²) < 4.78 is 52.7. The van der Waals surface area contributed by atoms with Crippen LogP contribution in [0.2, 0.25) is 0 Å². The maximum atomic E-state index is 14.3. The number of nitrogens with zero attached hydrogens (tertiary/aromatic N) is 5. The fourth-order valence-corrected chi connectivity index (χ4v) is 6.30. The minimum Gasteiger partial charge on any atom is -0.497 e. The quantitative estimate of drug-likeness (QED) is 0.370. The standard InChI is InChI=1S/C28H30FN5O4S/c1-38-21-17-19-4-7-26(39(35,36)37)31-27(19)25(18-21)34-15-13-32(14-16-34)20-8-11-33(12-9-20)24-6-5-23(29)22-3-2-10-30-28(22)24/h2-7,10,17-18,20H,8-9,11-16H2,1H3,(H,35,36,37). The summed E-state index contributed by atoms with van der Waals surface area (Å²) in [4.78, 5) is 15.8. The monoisotopic (exact) mass is 551 g/mol. The highest BCUT2D eigenvalue weighted by atomic mass is 32.2. The van der Waals surface area contributed by atoms with Crippen LogP contribution in [0.4, 0.5) is 15.8 Å². The first-order valence-corrected chi connectivity index (χ1v) is 14.5. The zero-order valence-electron chi connectivity index (χ0n) is 21.6. The van der Waals surface area contributed by atoms with Crippen molar-refractivity contribution in [3.05, 3.63) is 60.5 Å². The van der Waals surface area contributed by atoms with Crippen LogP contribution in [-0.4, -0.2) is 80.3 Å². The molecule has 2 aromatic carbocycles. The van der Waals surface area contributed by atoms with Crippen LogP contribution in [0.3, 0.4) is 0 Å². The highest BCUT2D eigenvalue weighted by molar-refractivity contribution is 7.85. The maximum absolute atomic E-state index is 14.3. The summed E-state index contributed by atoms with van der Waals surface area (Å²) in [5.74, 6) is 0.416. The van der Waals surface area contributed by atoms with Gasteiger partial charge in [-0.15, -0.1) is 0 Å². The van der Waals surface area contributed by atoms with E-state index in [1.54, 1.807) is 31.5 Å². The lowest BCUT2D eigenvalue weighted by Gasteiger charge is -2.44. The van der Waals surface area contributed by atoms with Crippen LogP contribution >= 0.6 is 0 Å². The number of hydrogen-bond donors (Lipinski definition) is 1. The van der Waals surface area contributed by atoms with E-state index in [2.05, 4.69) is 24.7 Å². The van der Waals surface area contributed by atoms with E-state index in [0.29, 0.717) is 28.2 Å². The zero-order valence-corrected chi connectivity index (χ0v) is 22.4. The summed E-state index contributed by atoms with van der Waals surface area (Å²) in [6, 6.07) is 14.0. The van der Waals surface area contributed by atoms with Gasteiger partial charge >= 0.3 is 10.1 Å². The van der Waals surface area contributed by atoms with E-state index < -0.39 is 10.1 Å². The molecule has 11 heteroatoms. The fourth-order valence-electron chi connectivity index (χ4n) is 5.85. The molecule has 204 valence electrons. The molecule has 2 aliphatic heterocycles. The number of piperidine rings is 1. The number of fused-ring (bicyclic) bond motifs is 2. The molecule has 0 radical (unpaired) electrons. The van der Waals surface area contributed by atoms with E-state index in [9.17, 15) is 17.4 Å². The Bertz CT molecular complexity index is 1630. The number of piperazine rings is 1.